The summed E-state index contributed by atoms with van der Waals surface area (Å²) in [5, 5.41) is 13.9. The molecule has 7 heteroatoms. The Bertz CT molecular complexity index is 436. The second kappa shape index (κ2) is 6.10. The van der Waals surface area contributed by atoms with Gasteiger partial charge in [0.05, 0.1) is 16.0 Å². The van der Waals surface area contributed by atoms with Crippen LogP contribution in [0.15, 0.2) is 16.7 Å². The molecule has 1 aliphatic heterocycles. The van der Waals surface area contributed by atoms with Crippen molar-refractivity contribution in [3.8, 4) is 5.88 Å². The monoisotopic (exact) mass is 315 g/mol. The first-order valence-electron chi connectivity index (χ1n) is 5.80. The van der Waals surface area contributed by atoms with E-state index >= 15 is 0 Å². The lowest BCUT2D eigenvalue weighted by molar-refractivity contribution is -0.385. The largest absolute Gasteiger partial charge is 0.477 e. The molecule has 6 nitrogen and oxygen atoms in total. The smallest absolute Gasteiger partial charge is 0.288 e. The fourth-order valence-corrected chi connectivity index (χ4v) is 2.32. The first-order valence-corrected chi connectivity index (χ1v) is 6.59. The molecular formula is C11H14BrN3O3. The molecule has 0 radical (unpaired) electrons. The van der Waals surface area contributed by atoms with Crippen LogP contribution >= 0.6 is 15.9 Å². The van der Waals surface area contributed by atoms with Crippen LogP contribution in [-0.4, -0.2) is 29.6 Å². The summed E-state index contributed by atoms with van der Waals surface area (Å²) >= 11 is 3.24. The van der Waals surface area contributed by atoms with Gasteiger partial charge in [0.2, 0.25) is 5.88 Å². The number of nitrogens with one attached hydrogen (secondary N) is 1. The first kappa shape index (κ1) is 13.2. The van der Waals surface area contributed by atoms with Gasteiger partial charge in [0.25, 0.3) is 5.69 Å². The molecule has 1 N–H and O–H groups in total. The highest BCUT2D eigenvalue weighted by Crippen LogP contribution is 2.27. The minimum absolute atomic E-state index is 0.0453. The van der Waals surface area contributed by atoms with E-state index in [9.17, 15) is 10.1 Å². The topological polar surface area (TPSA) is 77.3 Å². The maximum Gasteiger partial charge on any atom is 0.288 e. The summed E-state index contributed by atoms with van der Waals surface area (Å²) < 4.78 is 6.12. The van der Waals surface area contributed by atoms with Gasteiger partial charge in [-0.15, -0.1) is 0 Å². The molecule has 0 amide bonds. The highest BCUT2D eigenvalue weighted by Gasteiger charge is 2.16. The Kier molecular flexibility index (Phi) is 4.48. The number of rotatable bonds is 4. The lowest BCUT2D eigenvalue weighted by atomic mass is 9.99. The molecule has 0 aliphatic carbocycles. The van der Waals surface area contributed by atoms with E-state index in [4.69, 9.17) is 4.74 Å². The Balaban J connectivity index is 1.94. The number of hydrogen-bond acceptors (Lipinski definition) is 5. The third-order valence-electron chi connectivity index (χ3n) is 2.92. The maximum absolute atomic E-state index is 10.6. The van der Waals surface area contributed by atoms with Gasteiger partial charge in [-0.25, -0.2) is 4.98 Å². The maximum atomic E-state index is 10.6. The van der Waals surface area contributed by atoms with Gasteiger partial charge >= 0.3 is 0 Å². The molecule has 0 unspecified atom stereocenters. The minimum Gasteiger partial charge on any atom is -0.477 e. The molecule has 0 aromatic carbocycles. The van der Waals surface area contributed by atoms with Crippen molar-refractivity contribution in [3.63, 3.8) is 0 Å². The normalized spacial score (nSPS) is 16.5. The number of piperidine rings is 1. The van der Waals surface area contributed by atoms with Crippen LogP contribution in [-0.2, 0) is 0 Å². The zero-order valence-corrected chi connectivity index (χ0v) is 11.4. The van der Waals surface area contributed by atoms with Crippen molar-refractivity contribution in [3.05, 3.63) is 26.9 Å². The molecule has 1 aliphatic rings. The van der Waals surface area contributed by atoms with Gasteiger partial charge in [-0.1, -0.05) is 0 Å². The molecule has 1 fully saturated rings. The predicted molar refractivity (Wildman–Crippen MR) is 69.7 cm³/mol. The third-order valence-corrected chi connectivity index (χ3v) is 3.49. The van der Waals surface area contributed by atoms with Gasteiger partial charge in [0.1, 0.15) is 6.20 Å². The summed E-state index contributed by atoms with van der Waals surface area (Å²) in [4.78, 5) is 14.0. The number of nitrogens with zero attached hydrogens (tertiary/aromatic N) is 2. The molecule has 1 aromatic rings. The highest BCUT2D eigenvalue weighted by atomic mass is 79.9. The van der Waals surface area contributed by atoms with E-state index in [1.54, 1.807) is 0 Å². The molecule has 0 bridgehead atoms. The molecule has 0 atom stereocenters. The van der Waals surface area contributed by atoms with Crippen LogP contribution in [0.3, 0.4) is 0 Å². The Labute approximate surface area is 113 Å². The zero-order chi connectivity index (χ0) is 13.0. The van der Waals surface area contributed by atoms with E-state index in [1.165, 1.54) is 12.3 Å². The van der Waals surface area contributed by atoms with Crippen molar-refractivity contribution in [2.45, 2.75) is 12.8 Å². The molecule has 2 rings (SSSR count). The highest BCUT2D eigenvalue weighted by molar-refractivity contribution is 9.10. The SMILES string of the molecule is O=[N+]([O-])c1cnc(OCC2CCNCC2)c(Br)c1. The fourth-order valence-electron chi connectivity index (χ4n) is 1.87. The summed E-state index contributed by atoms with van der Waals surface area (Å²) in [6.45, 7) is 2.64. The van der Waals surface area contributed by atoms with E-state index in [-0.39, 0.29) is 5.69 Å². The number of hydrogen-bond donors (Lipinski definition) is 1. The molecule has 2 heterocycles. The van der Waals surface area contributed by atoms with Crippen LogP contribution in [0.4, 0.5) is 5.69 Å². The van der Waals surface area contributed by atoms with Crippen LogP contribution in [0.1, 0.15) is 12.8 Å². The molecule has 0 spiro atoms. The van der Waals surface area contributed by atoms with E-state index in [2.05, 4.69) is 26.2 Å². The Morgan fingerprint density at radius 2 is 2.28 bits per heavy atom. The average Bonchev–Trinajstić information content (AvgIpc) is 2.38. The number of pyridine rings is 1. The van der Waals surface area contributed by atoms with Crippen molar-refractivity contribution >= 4 is 21.6 Å². The number of nitro groups is 1. The van der Waals surface area contributed by atoms with Gasteiger partial charge in [0, 0.05) is 6.07 Å². The first-order chi connectivity index (χ1) is 8.66. The molecule has 18 heavy (non-hydrogen) atoms. The summed E-state index contributed by atoms with van der Waals surface area (Å²) in [5.41, 5.74) is -0.0453. The number of halogens is 1. The van der Waals surface area contributed by atoms with Gasteiger partial charge in [-0.2, -0.15) is 0 Å². The van der Waals surface area contributed by atoms with Crippen molar-refractivity contribution < 1.29 is 9.66 Å². The fraction of sp³-hybridized carbons (Fsp3) is 0.545. The van der Waals surface area contributed by atoms with Crippen molar-refractivity contribution in [2.24, 2.45) is 5.92 Å². The van der Waals surface area contributed by atoms with E-state index in [1.807, 2.05) is 0 Å². The van der Waals surface area contributed by atoms with Gasteiger partial charge in [-0.05, 0) is 47.8 Å². The standard InChI is InChI=1S/C11H14BrN3O3/c12-10-5-9(15(16)17)6-14-11(10)18-7-8-1-3-13-4-2-8/h5-6,8,13H,1-4,7H2. The Hall–Kier alpha value is -1.21. The van der Waals surface area contributed by atoms with Gasteiger partial charge < -0.3 is 10.1 Å². The van der Waals surface area contributed by atoms with E-state index in [0.29, 0.717) is 22.9 Å². The number of aromatic nitrogens is 1. The van der Waals surface area contributed by atoms with Gasteiger partial charge in [0.15, 0.2) is 0 Å². The third kappa shape index (κ3) is 3.39. The van der Waals surface area contributed by atoms with Crippen LogP contribution in [0.5, 0.6) is 5.88 Å². The average molecular weight is 316 g/mol. The molecule has 0 saturated carbocycles. The summed E-state index contributed by atoms with van der Waals surface area (Å²) in [6, 6.07) is 1.41. The van der Waals surface area contributed by atoms with Crippen LogP contribution in [0.25, 0.3) is 0 Å². The second-order valence-corrected chi connectivity index (χ2v) is 5.10. The summed E-state index contributed by atoms with van der Waals surface area (Å²) in [5.74, 6) is 0.939. The van der Waals surface area contributed by atoms with Crippen molar-refractivity contribution in [2.75, 3.05) is 19.7 Å². The summed E-state index contributed by atoms with van der Waals surface area (Å²) in [7, 11) is 0. The summed E-state index contributed by atoms with van der Waals surface area (Å²) in [6.07, 6.45) is 3.39. The Morgan fingerprint density at radius 1 is 1.56 bits per heavy atom. The lowest BCUT2D eigenvalue weighted by Gasteiger charge is -2.22. The minimum atomic E-state index is -0.478. The molecule has 98 valence electrons. The van der Waals surface area contributed by atoms with Crippen LogP contribution < -0.4 is 10.1 Å². The zero-order valence-electron chi connectivity index (χ0n) is 9.76. The van der Waals surface area contributed by atoms with Gasteiger partial charge in [-0.3, -0.25) is 10.1 Å². The molecule has 1 aromatic heterocycles. The van der Waals surface area contributed by atoms with E-state index in [0.717, 1.165) is 25.9 Å². The van der Waals surface area contributed by atoms with Crippen LogP contribution in [0, 0.1) is 16.0 Å². The van der Waals surface area contributed by atoms with Crippen LogP contribution in [0.2, 0.25) is 0 Å². The molecular weight excluding hydrogens is 302 g/mol. The predicted octanol–water partition coefficient (Wildman–Crippen LogP) is 2.13. The van der Waals surface area contributed by atoms with Crippen molar-refractivity contribution in [1.82, 2.24) is 10.3 Å². The quantitative estimate of drug-likeness (QED) is 0.680. The second-order valence-electron chi connectivity index (χ2n) is 4.24. The van der Waals surface area contributed by atoms with Crippen molar-refractivity contribution in [1.29, 1.82) is 0 Å². The Morgan fingerprint density at radius 3 is 2.89 bits per heavy atom. The lowest BCUT2D eigenvalue weighted by Crippen LogP contribution is -2.30. The molecule has 1 saturated heterocycles. The number of ether oxygens (including phenoxy) is 1. The van der Waals surface area contributed by atoms with E-state index < -0.39 is 4.92 Å².